The largest absolute Gasteiger partial charge is 0.481 e. The van der Waals surface area contributed by atoms with E-state index < -0.39 is 17.9 Å². The number of carboxylic acid groups (broad SMARTS) is 3. The molecule has 0 rings (SSSR count). The Morgan fingerprint density at radius 1 is 0.462 bits per heavy atom. The lowest BCUT2D eigenvalue weighted by Crippen LogP contribution is -2.51. The minimum absolute atomic E-state index is 0.0923. The van der Waals surface area contributed by atoms with Crippen LogP contribution in [-0.2, 0) is 14.4 Å². The molecule has 0 aliphatic carbocycles. The number of aliphatic carboxylic acids is 3. The number of carboxylic acids is 3. The molecule has 39 heavy (non-hydrogen) atoms. The lowest BCUT2D eigenvalue weighted by molar-refractivity contribution is -0.929. The Labute approximate surface area is 238 Å². The second-order valence-corrected chi connectivity index (χ2v) is 11.4. The van der Waals surface area contributed by atoms with Crippen molar-refractivity contribution < 1.29 is 34.2 Å². The summed E-state index contributed by atoms with van der Waals surface area (Å²) < 4.78 is 0.643. The molecule has 0 aliphatic rings. The van der Waals surface area contributed by atoms with Gasteiger partial charge in [0.1, 0.15) is 0 Å². The van der Waals surface area contributed by atoms with Gasteiger partial charge < -0.3 is 19.8 Å². The first-order valence-electron chi connectivity index (χ1n) is 15.9. The molecule has 0 aromatic rings. The molecule has 0 bridgehead atoms. The highest BCUT2D eigenvalue weighted by Crippen LogP contribution is 2.19. The summed E-state index contributed by atoms with van der Waals surface area (Å²) in [5.74, 6) is -2.47. The number of unbranched alkanes of at least 4 members (excludes halogenated alkanes) is 15. The Morgan fingerprint density at radius 3 is 1.05 bits per heavy atom. The van der Waals surface area contributed by atoms with Crippen LogP contribution in [0, 0.1) is 0 Å². The van der Waals surface area contributed by atoms with Crippen LogP contribution in [0.4, 0.5) is 0 Å². The molecule has 0 aromatic carbocycles. The van der Waals surface area contributed by atoms with E-state index in [4.69, 9.17) is 15.3 Å². The maximum atomic E-state index is 11.1. The van der Waals surface area contributed by atoms with Crippen molar-refractivity contribution in [3.05, 3.63) is 12.2 Å². The quantitative estimate of drug-likeness (QED) is 0.0468. The van der Waals surface area contributed by atoms with Crippen molar-refractivity contribution in [1.29, 1.82) is 0 Å². The van der Waals surface area contributed by atoms with Crippen LogP contribution >= 0.6 is 0 Å². The smallest absolute Gasteiger partial charge is 0.303 e. The van der Waals surface area contributed by atoms with Gasteiger partial charge in [-0.1, -0.05) is 89.2 Å². The first-order valence-corrected chi connectivity index (χ1v) is 15.9. The first-order chi connectivity index (χ1) is 18.8. The zero-order valence-electron chi connectivity index (χ0n) is 25.1. The minimum Gasteiger partial charge on any atom is -0.481 e. The molecule has 0 radical (unpaired) electrons. The van der Waals surface area contributed by atoms with Gasteiger partial charge in [0, 0.05) is 19.3 Å². The topological polar surface area (TPSA) is 112 Å². The van der Waals surface area contributed by atoms with Crippen LogP contribution in [0.5, 0.6) is 0 Å². The summed E-state index contributed by atoms with van der Waals surface area (Å²) in [6.07, 6.45) is 26.9. The van der Waals surface area contributed by atoms with Crippen molar-refractivity contribution in [2.24, 2.45) is 0 Å². The molecule has 0 saturated heterocycles. The number of hydrogen-bond acceptors (Lipinski definition) is 3. The molecule has 0 atom stereocenters. The second-order valence-electron chi connectivity index (χ2n) is 11.4. The van der Waals surface area contributed by atoms with Crippen molar-refractivity contribution in [2.75, 3.05) is 26.2 Å². The second kappa shape index (κ2) is 26.3. The van der Waals surface area contributed by atoms with Gasteiger partial charge in [0.25, 0.3) is 0 Å². The fourth-order valence-electron chi connectivity index (χ4n) is 5.54. The molecule has 0 fully saturated rings. The zero-order valence-corrected chi connectivity index (χ0v) is 25.1. The number of carbonyl (C=O) groups is 3. The zero-order chi connectivity index (χ0) is 29.0. The van der Waals surface area contributed by atoms with Gasteiger partial charge in [-0.15, -0.1) is 0 Å². The summed E-state index contributed by atoms with van der Waals surface area (Å²) >= 11 is 0. The van der Waals surface area contributed by atoms with E-state index in [0.29, 0.717) is 43.4 Å². The highest BCUT2D eigenvalue weighted by Gasteiger charge is 2.27. The van der Waals surface area contributed by atoms with Gasteiger partial charge in [-0.25, -0.2) is 0 Å². The Balaban J connectivity index is 4.14. The molecular formula is C32H60NO6+. The number of quaternary nitrogens is 1. The van der Waals surface area contributed by atoms with Gasteiger partial charge >= 0.3 is 17.9 Å². The summed E-state index contributed by atoms with van der Waals surface area (Å²) in [5, 5.41) is 27.2. The van der Waals surface area contributed by atoms with Crippen LogP contribution in [0.15, 0.2) is 12.2 Å². The normalized spacial score (nSPS) is 11.8. The van der Waals surface area contributed by atoms with E-state index in [0.717, 1.165) is 19.4 Å². The van der Waals surface area contributed by atoms with Crippen molar-refractivity contribution in [1.82, 2.24) is 0 Å². The average molecular weight is 555 g/mol. The van der Waals surface area contributed by atoms with Gasteiger partial charge in [0.15, 0.2) is 0 Å². The van der Waals surface area contributed by atoms with Crippen LogP contribution in [0.3, 0.4) is 0 Å². The lowest BCUT2D eigenvalue weighted by atomic mass is 10.0. The predicted octanol–water partition coefficient (Wildman–Crippen LogP) is 8.22. The van der Waals surface area contributed by atoms with Gasteiger partial charge in [-0.3, -0.25) is 14.4 Å². The van der Waals surface area contributed by atoms with Gasteiger partial charge in [0.2, 0.25) is 0 Å². The SMILES string of the molecule is C/C=C/CCCCCCCCCCCCCCCCC[N+](CCCC(=O)O)(CCCC(=O)O)CCCC(=O)O. The molecule has 0 aliphatic heterocycles. The summed E-state index contributed by atoms with van der Waals surface area (Å²) in [6.45, 7) is 4.96. The van der Waals surface area contributed by atoms with E-state index in [2.05, 4.69) is 19.1 Å². The van der Waals surface area contributed by atoms with Crippen LogP contribution in [0.25, 0.3) is 0 Å². The predicted molar refractivity (Wildman–Crippen MR) is 159 cm³/mol. The monoisotopic (exact) mass is 554 g/mol. The van der Waals surface area contributed by atoms with E-state index in [1.165, 1.54) is 89.9 Å². The minimum atomic E-state index is -0.824. The Kier molecular flexibility index (Phi) is 25.1. The molecule has 228 valence electrons. The molecule has 0 unspecified atom stereocenters. The maximum Gasteiger partial charge on any atom is 0.303 e. The maximum absolute atomic E-state index is 11.1. The Morgan fingerprint density at radius 2 is 0.744 bits per heavy atom. The van der Waals surface area contributed by atoms with Crippen molar-refractivity contribution in [2.45, 2.75) is 148 Å². The molecule has 7 heteroatoms. The molecule has 0 spiro atoms. The number of nitrogens with zero attached hydrogens (tertiary/aromatic N) is 1. The molecule has 3 N–H and O–H groups in total. The van der Waals surface area contributed by atoms with E-state index in [1.807, 2.05) is 0 Å². The highest BCUT2D eigenvalue weighted by molar-refractivity contribution is 5.67. The first kappa shape index (κ1) is 37.1. The van der Waals surface area contributed by atoms with E-state index in [1.54, 1.807) is 0 Å². The van der Waals surface area contributed by atoms with Crippen molar-refractivity contribution >= 4 is 17.9 Å². The van der Waals surface area contributed by atoms with E-state index in [-0.39, 0.29) is 19.3 Å². The summed E-state index contributed by atoms with van der Waals surface area (Å²) in [7, 11) is 0. The van der Waals surface area contributed by atoms with E-state index in [9.17, 15) is 14.4 Å². The molecule has 0 amide bonds. The van der Waals surface area contributed by atoms with Crippen LogP contribution in [0.1, 0.15) is 148 Å². The van der Waals surface area contributed by atoms with Crippen LogP contribution in [-0.4, -0.2) is 63.9 Å². The third-order valence-electron chi connectivity index (χ3n) is 7.81. The van der Waals surface area contributed by atoms with Gasteiger partial charge in [-0.2, -0.15) is 0 Å². The molecular weight excluding hydrogens is 494 g/mol. The fraction of sp³-hybridized carbons (Fsp3) is 0.844. The fourth-order valence-corrected chi connectivity index (χ4v) is 5.54. The average Bonchev–Trinajstić information content (AvgIpc) is 2.87. The van der Waals surface area contributed by atoms with E-state index >= 15 is 0 Å². The summed E-state index contributed by atoms with van der Waals surface area (Å²) in [4.78, 5) is 33.2. The van der Waals surface area contributed by atoms with Crippen molar-refractivity contribution in [3.8, 4) is 0 Å². The van der Waals surface area contributed by atoms with Gasteiger partial charge in [0.05, 0.1) is 45.4 Å². The van der Waals surface area contributed by atoms with Crippen LogP contribution < -0.4 is 0 Å². The highest BCUT2D eigenvalue weighted by atomic mass is 16.4. The van der Waals surface area contributed by atoms with Crippen LogP contribution in [0.2, 0.25) is 0 Å². The molecule has 0 heterocycles. The Bertz CT molecular complexity index is 598. The number of allylic oxidation sites excluding steroid dienone is 2. The van der Waals surface area contributed by atoms with Crippen molar-refractivity contribution in [3.63, 3.8) is 0 Å². The molecule has 0 saturated carbocycles. The third-order valence-corrected chi connectivity index (χ3v) is 7.81. The molecule has 7 nitrogen and oxygen atoms in total. The third kappa shape index (κ3) is 26.1. The number of hydrogen-bond donors (Lipinski definition) is 3. The number of rotatable bonds is 30. The van der Waals surface area contributed by atoms with Gasteiger partial charge in [-0.05, 0) is 32.6 Å². The molecule has 0 aromatic heterocycles. The summed E-state index contributed by atoms with van der Waals surface area (Å²) in [6, 6.07) is 0. The lowest BCUT2D eigenvalue weighted by Gasteiger charge is -2.39. The Hall–Kier alpha value is -1.89. The summed E-state index contributed by atoms with van der Waals surface area (Å²) in [5.41, 5.74) is 0. The standard InChI is InChI=1S/C32H59NO6/c1-2-3-4-5-6-7-8-9-10-11-12-13-14-15-16-17-18-19-26-33(27-20-23-30(34)35,28-21-24-31(36)37)29-22-25-32(38)39/h2-3H,4-29H2,1H3,(H2-,34,35,36,37,38,39)/p+1/b3-2+.